The molecule has 1 amide bonds. The van der Waals surface area contributed by atoms with E-state index in [2.05, 4.69) is 15.6 Å². The maximum absolute atomic E-state index is 11.8. The van der Waals surface area contributed by atoms with Crippen LogP contribution in [-0.2, 0) is 6.54 Å². The second-order valence-corrected chi connectivity index (χ2v) is 3.58. The molecule has 0 aromatic carbocycles. The van der Waals surface area contributed by atoms with Crippen LogP contribution in [0.2, 0.25) is 0 Å². The molecular weight excluding hydrogens is 222 g/mol. The van der Waals surface area contributed by atoms with Gasteiger partial charge in [0.2, 0.25) is 5.88 Å². The van der Waals surface area contributed by atoms with E-state index in [0.717, 1.165) is 0 Å². The highest BCUT2D eigenvalue weighted by molar-refractivity contribution is 6.05. The molecule has 0 radical (unpaired) electrons. The molecule has 0 saturated carbocycles. The average Bonchev–Trinajstić information content (AvgIpc) is 2.85. The molecule has 90 valence electrons. The number of aromatic nitrogens is 3. The number of carbonyl (C=O) groups is 1. The van der Waals surface area contributed by atoms with Crippen LogP contribution in [-0.4, -0.2) is 20.8 Å². The van der Waals surface area contributed by atoms with Crippen LogP contribution in [0.3, 0.4) is 0 Å². The van der Waals surface area contributed by atoms with Crippen LogP contribution in [0.15, 0.2) is 16.8 Å². The zero-order chi connectivity index (χ0) is 12.4. The Morgan fingerprint density at radius 3 is 2.94 bits per heavy atom. The Hall–Kier alpha value is -2.31. The SMILES string of the molecule is CCn1cc(N)c(C(=O)Nc2cc(C)no2)n1. The molecule has 7 nitrogen and oxygen atoms in total. The predicted octanol–water partition coefficient (Wildman–Crippen LogP) is 1.03. The van der Waals surface area contributed by atoms with E-state index in [1.807, 2.05) is 6.92 Å². The second kappa shape index (κ2) is 4.28. The highest BCUT2D eigenvalue weighted by atomic mass is 16.5. The number of nitrogens with one attached hydrogen (secondary N) is 1. The minimum Gasteiger partial charge on any atom is -0.396 e. The number of hydrogen-bond acceptors (Lipinski definition) is 5. The lowest BCUT2D eigenvalue weighted by Gasteiger charge is -1.97. The number of nitrogen functional groups attached to an aromatic ring is 1. The largest absolute Gasteiger partial charge is 0.396 e. The summed E-state index contributed by atoms with van der Waals surface area (Å²) in [6.45, 7) is 4.33. The number of nitrogens with two attached hydrogens (primary N) is 1. The van der Waals surface area contributed by atoms with Gasteiger partial charge in [-0.3, -0.25) is 14.8 Å². The van der Waals surface area contributed by atoms with Crippen molar-refractivity contribution in [2.45, 2.75) is 20.4 Å². The molecule has 0 unspecified atom stereocenters. The van der Waals surface area contributed by atoms with Crippen molar-refractivity contribution in [3.8, 4) is 0 Å². The maximum Gasteiger partial charge on any atom is 0.280 e. The summed E-state index contributed by atoms with van der Waals surface area (Å²) in [6.07, 6.45) is 1.61. The fourth-order valence-corrected chi connectivity index (χ4v) is 1.37. The van der Waals surface area contributed by atoms with Gasteiger partial charge in [0.05, 0.1) is 11.4 Å². The average molecular weight is 235 g/mol. The zero-order valence-electron chi connectivity index (χ0n) is 9.60. The van der Waals surface area contributed by atoms with Crippen LogP contribution in [0, 0.1) is 6.92 Å². The molecule has 2 heterocycles. The number of carbonyl (C=O) groups excluding carboxylic acids is 1. The molecule has 0 atom stereocenters. The second-order valence-electron chi connectivity index (χ2n) is 3.58. The van der Waals surface area contributed by atoms with Crippen molar-refractivity contribution in [1.29, 1.82) is 0 Å². The normalized spacial score (nSPS) is 10.5. The molecular formula is C10H13N5O2. The van der Waals surface area contributed by atoms with Crippen LogP contribution in [0.5, 0.6) is 0 Å². The molecule has 2 aromatic rings. The number of aryl methyl sites for hydroxylation is 2. The van der Waals surface area contributed by atoms with Gasteiger partial charge in [0.1, 0.15) is 0 Å². The van der Waals surface area contributed by atoms with Crippen molar-refractivity contribution in [3.05, 3.63) is 23.7 Å². The summed E-state index contributed by atoms with van der Waals surface area (Å²) in [4.78, 5) is 11.8. The number of rotatable bonds is 3. The highest BCUT2D eigenvalue weighted by Crippen LogP contribution is 2.13. The van der Waals surface area contributed by atoms with Gasteiger partial charge < -0.3 is 10.3 Å². The molecule has 0 aliphatic rings. The van der Waals surface area contributed by atoms with E-state index in [1.54, 1.807) is 23.9 Å². The number of anilines is 2. The molecule has 0 spiro atoms. The van der Waals surface area contributed by atoms with Crippen molar-refractivity contribution in [2.24, 2.45) is 0 Å². The van der Waals surface area contributed by atoms with E-state index in [9.17, 15) is 4.79 Å². The van der Waals surface area contributed by atoms with Gasteiger partial charge in [0.25, 0.3) is 5.91 Å². The molecule has 0 aliphatic carbocycles. The first kappa shape index (κ1) is 11.2. The predicted molar refractivity (Wildman–Crippen MR) is 61.5 cm³/mol. The van der Waals surface area contributed by atoms with E-state index in [0.29, 0.717) is 17.9 Å². The van der Waals surface area contributed by atoms with Gasteiger partial charge in [-0.1, -0.05) is 5.16 Å². The Bertz CT molecular complexity index is 543. The van der Waals surface area contributed by atoms with E-state index >= 15 is 0 Å². The number of nitrogens with zero attached hydrogens (tertiary/aromatic N) is 3. The van der Waals surface area contributed by atoms with Gasteiger partial charge in [-0.05, 0) is 13.8 Å². The Labute approximate surface area is 97.6 Å². The van der Waals surface area contributed by atoms with E-state index in [1.165, 1.54) is 0 Å². The van der Waals surface area contributed by atoms with Crippen LogP contribution >= 0.6 is 0 Å². The van der Waals surface area contributed by atoms with E-state index in [4.69, 9.17) is 10.3 Å². The van der Waals surface area contributed by atoms with Gasteiger partial charge in [-0.2, -0.15) is 5.10 Å². The first-order chi connectivity index (χ1) is 8.10. The molecule has 3 N–H and O–H groups in total. The quantitative estimate of drug-likeness (QED) is 0.827. The van der Waals surface area contributed by atoms with Crippen LogP contribution in [0.4, 0.5) is 11.6 Å². The third kappa shape index (κ3) is 2.27. The number of hydrogen-bond donors (Lipinski definition) is 2. The summed E-state index contributed by atoms with van der Waals surface area (Å²) < 4.78 is 6.47. The lowest BCUT2D eigenvalue weighted by atomic mass is 10.3. The molecule has 0 bridgehead atoms. The Kier molecular flexibility index (Phi) is 2.82. The molecule has 7 heteroatoms. The molecule has 0 aliphatic heterocycles. The Morgan fingerprint density at radius 2 is 2.41 bits per heavy atom. The van der Waals surface area contributed by atoms with Crippen LogP contribution in [0.25, 0.3) is 0 Å². The lowest BCUT2D eigenvalue weighted by Crippen LogP contribution is -2.14. The monoisotopic (exact) mass is 235 g/mol. The summed E-state index contributed by atoms with van der Waals surface area (Å²) in [7, 11) is 0. The molecule has 0 saturated heterocycles. The molecule has 2 rings (SSSR count). The summed E-state index contributed by atoms with van der Waals surface area (Å²) in [5.41, 5.74) is 6.89. The Balaban J connectivity index is 2.16. The smallest absolute Gasteiger partial charge is 0.280 e. The zero-order valence-corrected chi connectivity index (χ0v) is 9.60. The van der Waals surface area contributed by atoms with Crippen molar-refractivity contribution >= 4 is 17.5 Å². The van der Waals surface area contributed by atoms with Crippen LogP contribution in [0.1, 0.15) is 23.1 Å². The summed E-state index contributed by atoms with van der Waals surface area (Å²) in [5.74, 6) is -0.135. The van der Waals surface area contributed by atoms with Crippen molar-refractivity contribution < 1.29 is 9.32 Å². The maximum atomic E-state index is 11.8. The summed E-state index contributed by atoms with van der Waals surface area (Å²) in [6, 6.07) is 1.62. The first-order valence-electron chi connectivity index (χ1n) is 5.17. The third-order valence-electron chi connectivity index (χ3n) is 2.19. The minimum absolute atomic E-state index is 0.181. The third-order valence-corrected chi connectivity index (χ3v) is 2.19. The Morgan fingerprint density at radius 1 is 1.65 bits per heavy atom. The highest BCUT2D eigenvalue weighted by Gasteiger charge is 2.16. The van der Waals surface area contributed by atoms with Gasteiger partial charge in [-0.25, -0.2) is 0 Å². The fraction of sp³-hybridized carbons (Fsp3) is 0.300. The molecule has 2 aromatic heterocycles. The van der Waals surface area contributed by atoms with Gasteiger partial charge >= 0.3 is 0 Å². The first-order valence-corrected chi connectivity index (χ1v) is 5.17. The molecule has 17 heavy (non-hydrogen) atoms. The minimum atomic E-state index is -0.411. The van der Waals surface area contributed by atoms with Crippen LogP contribution < -0.4 is 11.1 Å². The lowest BCUT2D eigenvalue weighted by molar-refractivity contribution is 0.101. The molecule has 0 fully saturated rings. The topological polar surface area (TPSA) is 99.0 Å². The fourth-order valence-electron chi connectivity index (χ4n) is 1.37. The van der Waals surface area contributed by atoms with Crippen molar-refractivity contribution in [3.63, 3.8) is 0 Å². The van der Waals surface area contributed by atoms with E-state index in [-0.39, 0.29) is 11.6 Å². The van der Waals surface area contributed by atoms with Gasteiger partial charge in [0, 0.05) is 18.8 Å². The van der Waals surface area contributed by atoms with Crippen molar-refractivity contribution in [1.82, 2.24) is 14.9 Å². The standard InChI is InChI=1S/C10H13N5O2/c1-3-15-5-7(11)9(13-15)10(16)12-8-4-6(2)14-17-8/h4-5H,3,11H2,1-2H3,(H,12,16). The van der Waals surface area contributed by atoms with Gasteiger partial charge in [-0.15, -0.1) is 0 Å². The van der Waals surface area contributed by atoms with Crippen molar-refractivity contribution in [2.75, 3.05) is 11.1 Å². The van der Waals surface area contributed by atoms with E-state index < -0.39 is 5.91 Å². The summed E-state index contributed by atoms with van der Waals surface area (Å²) in [5, 5.41) is 10.2. The van der Waals surface area contributed by atoms with Gasteiger partial charge in [0.15, 0.2) is 5.69 Å². The summed E-state index contributed by atoms with van der Waals surface area (Å²) >= 11 is 0. The number of amides is 1.